The van der Waals surface area contributed by atoms with E-state index in [9.17, 15) is 9.90 Å². The third kappa shape index (κ3) is 2.91. The van der Waals surface area contributed by atoms with Gasteiger partial charge in [-0.1, -0.05) is 68.4 Å². The number of hydrogen-bond donors (Lipinski definition) is 1. The van der Waals surface area contributed by atoms with Crippen molar-refractivity contribution in [1.82, 2.24) is 0 Å². The Labute approximate surface area is 113 Å². The van der Waals surface area contributed by atoms with Crippen LogP contribution in [0.5, 0.6) is 0 Å². The second-order valence-electron chi connectivity index (χ2n) is 4.91. The molecule has 2 rings (SSSR count). The van der Waals surface area contributed by atoms with Gasteiger partial charge in [-0.2, -0.15) is 0 Å². The highest BCUT2D eigenvalue weighted by Crippen LogP contribution is 2.29. The van der Waals surface area contributed by atoms with Crippen LogP contribution in [0.4, 0.5) is 0 Å². The average Bonchev–Trinajstić information content (AvgIpc) is 2.46. The standard InChI is InChI=1S/C17H18O2/c1-12(2)16(18)17(19)15-11-7-6-10-14(15)13-8-4-3-5-9-13/h3-12,17,19H,1-2H3. The zero-order valence-electron chi connectivity index (χ0n) is 11.2. The van der Waals surface area contributed by atoms with E-state index in [1.54, 1.807) is 13.8 Å². The molecule has 0 aliphatic heterocycles. The number of hydrogen-bond acceptors (Lipinski definition) is 2. The summed E-state index contributed by atoms with van der Waals surface area (Å²) in [4.78, 5) is 12.0. The summed E-state index contributed by atoms with van der Waals surface area (Å²) in [6.45, 7) is 3.60. The minimum atomic E-state index is -1.06. The molecule has 0 saturated heterocycles. The molecule has 2 heteroatoms. The van der Waals surface area contributed by atoms with Gasteiger partial charge >= 0.3 is 0 Å². The summed E-state index contributed by atoms with van der Waals surface area (Å²) >= 11 is 0. The summed E-state index contributed by atoms with van der Waals surface area (Å²) < 4.78 is 0. The molecule has 1 unspecified atom stereocenters. The van der Waals surface area contributed by atoms with Crippen molar-refractivity contribution in [3.63, 3.8) is 0 Å². The van der Waals surface area contributed by atoms with Gasteiger partial charge in [0.2, 0.25) is 0 Å². The molecule has 0 saturated carbocycles. The fraction of sp³-hybridized carbons (Fsp3) is 0.235. The lowest BCUT2D eigenvalue weighted by Gasteiger charge is -2.16. The third-order valence-corrected chi connectivity index (χ3v) is 3.18. The predicted octanol–water partition coefficient (Wildman–Crippen LogP) is 3.61. The van der Waals surface area contributed by atoms with Gasteiger partial charge in [0.1, 0.15) is 6.10 Å². The van der Waals surface area contributed by atoms with Crippen molar-refractivity contribution in [1.29, 1.82) is 0 Å². The van der Waals surface area contributed by atoms with Crippen molar-refractivity contribution < 1.29 is 9.90 Å². The summed E-state index contributed by atoms with van der Waals surface area (Å²) in [6.07, 6.45) is -1.06. The van der Waals surface area contributed by atoms with Gasteiger partial charge in [0, 0.05) is 5.92 Å². The summed E-state index contributed by atoms with van der Waals surface area (Å²) in [5.74, 6) is -0.331. The lowest BCUT2D eigenvalue weighted by molar-refractivity contribution is -0.130. The number of rotatable bonds is 4. The van der Waals surface area contributed by atoms with Gasteiger partial charge in [-0.3, -0.25) is 4.79 Å². The smallest absolute Gasteiger partial charge is 0.168 e. The van der Waals surface area contributed by atoms with Crippen LogP contribution >= 0.6 is 0 Å². The molecule has 19 heavy (non-hydrogen) atoms. The molecule has 98 valence electrons. The number of aliphatic hydroxyl groups is 1. The van der Waals surface area contributed by atoms with Crippen LogP contribution in [0.15, 0.2) is 54.6 Å². The SMILES string of the molecule is CC(C)C(=O)C(O)c1ccccc1-c1ccccc1. The molecule has 2 nitrogen and oxygen atoms in total. The van der Waals surface area contributed by atoms with Crippen molar-refractivity contribution in [2.45, 2.75) is 20.0 Å². The Hall–Kier alpha value is -1.93. The summed E-state index contributed by atoms with van der Waals surface area (Å²) in [5, 5.41) is 10.3. The number of carbonyl (C=O) groups is 1. The van der Waals surface area contributed by atoms with E-state index in [-0.39, 0.29) is 11.7 Å². The normalized spacial score (nSPS) is 12.4. The minimum Gasteiger partial charge on any atom is -0.381 e. The predicted molar refractivity (Wildman–Crippen MR) is 76.7 cm³/mol. The van der Waals surface area contributed by atoms with E-state index < -0.39 is 6.10 Å². The Kier molecular flexibility index (Phi) is 4.13. The molecule has 0 amide bonds. The topological polar surface area (TPSA) is 37.3 Å². The zero-order valence-corrected chi connectivity index (χ0v) is 11.2. The van der Waals surface area contributed by atoms with Crippen molar-refractivity contribution in [2.24, 2.45) is 5.92 Å². The molecule has 0 aliphatic carbocycles. The van der Waals surface area contributed by atoms with Crippen molar-refractivity contribution >= 4 is 5.78 Å². The highest BCUT2D eigenvalue weighted by molar-refractivity contribution is 5.88. The van der Waals surface area contributed by atoms with Gasteiger partial charge in [0.25, 0.3) is 0 Å². The maximum absolute atomic E-state index is 12.0. The Bertz CT molecular complexity index is 558. The molecule has 0 aliphatic rings. The zero-order chi connectivity index (χ0) is 13.8. The first-order valence-corrected chi connectivity index (χ1v) is 6.47. The first-order valence-electron chi connectivity index (χ1n) is 6.47. The molecule has 1 N–H and O–H groups in total. The largest absolute Gasteiger partial charge is 0.381 e. The maximum atomic E-state index is 12.0. The highest BCUT2D eigenvalue weighted by Gasteiger charge is 2.22. The van der Waals surface area contributed by atoms with Crippen molar-refractivity contribution in [3.8, 4) is 11.1 Å². The third-order valence-electron chi connectivity index (χ3n) is 3.18. The molecule has 0 spiro atoms. The summed E-state index contributed by atoms with van der Waals surface area (Å²) in [7, 11) is 0. The molecular weight excluding hydrogens is 236 g/mol. The first kappa shape index (κ1) is 13.5. The van der Waals surface area contributed by atoms with E-state index in [1.165, 1.54) is 0 Å². The van der Waals surface area contributed by atoms with E-state index in [4.69, 9.17) is 0 Å². The van der Waals surface area contributed by atoms with Crippen LogP contribution in [-0.4, -0.2) is 10.9 Å². The average molecular weight is 254 g/mol. The molecule has 0 heterocycles. The van der Waals surface area contributed by atoms with Crippen LogP contribution in [0.25, 0.3) is 11.1 Å². The van der Waals surface area contributed by atoms with Gasteiger partial charge in [-0.25, -0.2) is 0 Å². The van der Waals surface area contributed by atoms with Gasteiger partial charge < -0.3 is 5.11 Å². The monoisotopic (exact) mass is 254 g/mol. The molecule has 0 fully saturated rings. The molecule has 0 bridgehead atoms. The lowest BCUT2D eigenvalue weighted by atomic mass is 9.91. The molecule has 1 atom stereocenters. The lowest BCUT2D eigenvalue weighted by Crippen LogP contribution is -2.18. The van der Waals surface area contributed by atoms with Crippen molar-refractivity contribution in [3.05, 3.63) is 60.2 Å². The van der Waals surface area contributed by atoms with Crippen LogP contribution in [0.2, 0.25) is 0 Å². The maximum Gasteiger partial charge on any atom is 0.168 e. The second-order valence-corrected chi connectivity index (χ2v) is 4.91. The molecule has 2 aromatic rings. The quantitative estimate of drug-likeness (QED) is 0.905. The van der Waals surface area contributed by atoms with Crippen LogP contribution < -0.4 is 0 Å². The number of benzene rings is 2. The van der Waals surface area contributed by atoms with Crippen LogP contribution in [0.1, 0.15) is 25.5 Å². The van der Waals surface area contributed by atoms with Gasteiger partial charge in [-0.15, -0.1) is 0 Å². The fourth-order valence-electron chi connectivity index (χ4n) is 2.09. The Morgan fingerprint density at radius 1 is 0.947 bits per heavy atom. The highest BCUT2D eigenvalue weighted by atomic mass is 16.3. The van der Waals surface area contributed by atoms with Crippen molar-refractivity contribution in [2.75, 3.05) is 0 Å². The molecule has 0 aromatic heterocycles. The van der Waals surface area contributed by atoms with Crippen LogP contribution in [0, 0.1) is 5.92 Å². The van der Waals surface area contributed by atoms with E-state index in [1.807, 2.05) is 54.6 Å². The summed E-state index contributed by atoms with van der Waals surface area (Å²) in [6, 6.07) is 17.3. The number of aliphatic hydroxyl groups excluding tert-OH is 1. The second kappa shape index (κ2) is 5.81. The number of ketones is 1. The van der Waals surface area contributed by atoms with E-state index >= 15 is 0 Å². The minimum absolute atomic E-state index is 0.150. The van der Waals surface area contributed by atoms with E-state index in [2.05, 4.69) is 0 Å². The van der Waals surface area contributed by atoms with Gasteiger partial charge in [0.15, 0.2) is 5.78 Å². The fourth-order valence-corrected chi connectivity index (χ4v) is 2.09. The van der Waals surface area contributed by atoms with Gasteiger partial charge in [-0.05, 0) is 16.7 Å². The molecule has 2 aromatic carbocycles. The number of carbonyl (C=O) groups excluding carboxylic acids is 1. The van der Waals surface area contributed by atoms with E-state index in [0.717, 1.165) is 11.1 Å². The first-order chi connectivity index (χ1) is 9.11. The Morgan fingerprint density at radius 3 is 2.16 bits per heavy atom. The molecular formula is C17H18O2. The van der Waals surface area contributed by atoms with E-state index in [0.29, 0.717) is 5.56 Å². The number of Topliss-reactive ketones (excluding diaryl/α,β-unsaturated/α-hetero) is 1. The van der Waals surface area contributed by atoms with Crippen LogP contribution in [-0.2, 0) is 4.79 Å². The molecule has 0 radical (unpaired) electrons. The summed E-state index contributed by atoms with van der Waals surface area (Å²) in [5.41, 5.74) is 2.59. The van der Waals surface area contributed by atoms with Gasteiger partial charge in [0.05, 0.1) is 0 Å². The Balaban J connectivity index is 2.45. The Morgan fingerprint density at radius 2 is 1.53 bits per heavy atom. The van der Waals surface area contributed by atoms with Crippen LogP contribution in [0.3, 0.4) is 0 Å².